The average Bonchev–Trinajstić information content (AvgIpc) is 2.58. The summed E-state index contributed by atoms with van der Waals surface area (Å²) in [5.41, 5.74) is 0. The highest BCUT2D eigenvalue weighted by molar-refractivity contribution is 8.14. The van der Waals surface area contributed by atoms with Crippen molar-refractivity contribution in [1.29, 1.82) is 0 Å². The summed E-state index contributed by atoms with van der Waals surface area (Å²) in [6, 6.07) is 17.5. The highest BCUT2D eigenvalue weighted by atomic mass is 35.5. The molecule has 0 aromatic heterocycles. The lowest BCUT2D eigenvalue weighted by molar-refractivity contribution is 0.0725. The van der Waals surface area contributed by atoms with Crippen molar-refractivity contribution >= 4 is 35.1 Å². The van der Waals surface area contributed by atoms with E-state index in [0.717, 1.165) is 24.1 Å². The molecule has 22 heavy (non-hydrogen) atoms. The Bertz CT molecular complexity index is 660. The van der Waals surface area contributed by atoms with Crippen molar-refractivity contribution < 1.29 is 9.26 Å². The molecule has 0 radical (unpaired) electrons. The van der Waals surface area contributed by atoms with Crippen LogP contribution in [0.1, 0.15) is 0 Å². The molecule has 6 heteroatoms. The molecule has 0 bridgehead atoms. The number of morpholine rings is 1. The number of ether oxygens (including phenoxy) is 1. The van der Waals surface area contributed by atoms with Crippen LogP contribution in [-0.4, -0.2) is 31.0 Å². The van der Waals surface area contributed by atoms with Crippen molar-refractivity contribution in [2.75, 3.05) is 26.3 Å². The molecule has 1 aliphatic heterocycles. The summed E-state index contributed by atoms with van der Waals surface area (Å²) in [7, 11) is 0. The number of hydrogen-bond donors (Lipinski definition) is 0. The normalized spacial score (nSPS) is 18.6. The third-order valence-corrected chi connectivity index (χ3v) is 7.84. The van der Waals surface area contributed by atoms with Crippen LogP contribution in [0.3, 0.4) is 0 Å². The lowest BCUT2D eigenvalue weighted by Gasteiger charge is -2.37. The van der Waals surface area contributed by atoms with Gasteiger partial charge in [-0.15, -0.1) is 0 Å². The number of benzene rings is 2. The van der Waals surface area contributed by atoms with E-state index in [-0.39, 0.29) is 0 Å². The molecule has 1 atom stereocenters. The van der Waals surface area contributed by atoms with Crippen LogP contribution in [0.2, 0.25) is 5.02 Å². The van der Waals surface area contributed by atoms with Crippen molar-refractivity contribution in [2.24, 2.45) is 0 Å². The Hall–Kier alpha value is -0.900. The third-order valence-electron chi connectivity index (χ3n) is 3.49. The number of nitrogens with zero attached hydrogens (tertiary/aromatic N) is 1. The van der Waals surface area contributed by atoms with E-state index < -0.39 is 6.42 Å². The van der Waals surface area contributed by atoms with Crippen molar-refractivity contribution in [3.05, 3.63) is 59.6 Å². The van der Waals surface area contributed by atoms with Crippen LogP contribution in [0.5, 0.6) is 5.75 Å². The van der Waals surface area contributed by atoms with E-state index in [1.165, 1.54) is 0 Å². The molecule has 3 nitrogen and oxygen atoms in total. The Morgan fingerprint density at radius 3 is 2.27 bits per heavy atom. The van der Waals surface area contributed by atoms with Gasteiger partial charge >= 0.3 is 0 Å². The minimum atomic E-state index is -2.34. The van der Waals surface area contributed by atoms with E-state index in [0.29, 0.717) is 18.2 Å². The van der Waals surface area contributed by atoms with Crippen molar-refractivity contribution in [3.63, 3.8) is 0 Å². The smallest absolute Gasteiger partial charge is 0.210 e. The summed E-state index contributed by atoms with van der Waals surface area (Å²) >= 11 is 12.0. The number of rotatable bonds is 4. The number of hydrogen-bond acceptors (Lipinski definition) is 3. The molecule has 3 rings (SSSR count). The second-order valence-corrected chi connectivity index (χ2v) is 9.19. The lowest BCUT2D eigenvalue weighted by atomic mass is 10.3. The Balaban J connectivity index is 1.95. The zero-order valence-electron chi connectivity index (χ0n) is 12.0. The first-order chi connectivity index (χ1) is 10.7. The van der Waals surface area contributed by atoms with Crippen LogP contribution >= 0.6 is 18.0 Å². The maximum absolute atomic E-state index is 6.32. The van der Waals surface area contributed by atoms with E-state index in [2.05, 4.69) is 4.67 Å². The largest absolute Gasteiger partial charge is 0.449 e. The lowest BCUT2D eigenvalue weighted by Crippen LogP contribution is -2.38. The van der Waals surface area contributed by atoms with Gasteiger partial charge in [0.15, 0.2) is 0 Å². The summed E-state index contributed by atoms with van der Waals surface area (Å²) in [4.78, 5) is 0. The van der Waals surface area contributed by atoms with Crippen LogP contribution < -0.4 is 9.83 Å². The molecular weight excluding hydrogens is 337 g/mol. The van der Waals surface area contributed by atoms with Crippen LogP contribution in [0.25, 0.3) is 0 Å². The highest BCUT2D eigenvalue weighted by Gasteiger charge is 2.31. The maximum atomic E-state index is 6.32. The molecule has 1 aliphatic rings. The summed E-state index contributed by atoms with van der Waals surface area (Å²) in [6.45, 7) is 2.96. The van der Waals surface area contributed by atoms with Crippen LogP contribution in [0.4, 0.5) is 0 Å². The summed E-state index contributed by atoms with van der Waals surface area (Å²) in [5.74, 6) is 0.753. The Morgan fingerprint density at radius 1 is 1.00 bits per heavy atom. The molecule has 1 heterocycles. The fraction of sp³-hybridized carbons (Fsp3) is 0.250. The van der Waals surface area contributed by atoms with Gasteiger partial charge in [-0.3, -0.25) is 0 Å². The monoisotopic (exact) mass is 353 g/mol. The fourth-order valence-electron chi connectivity index (χ4n) is 2.35. The maximum Gasteiger partial charge on any atom is 0.210 e. The standard InChI is InChI=1S/C16H17ClNO2PS/c17-14-6-8-15(9-7-14)20-21(22,16-4-2-1-3-5-16)18-10-12-19-13-11-18/h1-9H,10-13H2/t21-/m0/s1. The third kappa shape index (κ3) is 3.53. The van der Waals surface area contributed by atoms with Crippen LogP contribution in [0.15, 0.2) is 54.6 Å². The minimum Gasteiger partial charge on any atom is -0.449 e. The molecule has 1 fully saturated rings. The Labute approximate surface area is 140 Å². The molecule has 2 aromatic rings. The van der Waals surface area contributed by atoms with Gasteiger partial charge in [-0.25, -0.2) is 4.67 Å². The Kier molecular flexibility index (Phi) is 5.17. The average molecular weight is 354 g/mol. The molecule has 2 aromatic carbocycles. The second kappa shape index (κ2) is 7.12. The van der Waals surface area contributed by atoms with Gasteiger partial charge in [0.1, 0.15) is 5.75 Å². The summed E-state index contributed by atoms with van der Waals surface area (Å²) in [6.07, 6.45) is -2.34. The van der Waals surface area contributed by atoms with Gasteiger partial charge in [-0.1, -0.05) is 29.8 Å². The summed E-state index contributed by atoms with van der Waals surface area (Å²) in [5, 5.41) is 1.74. The van der Waals surface area contributed by atoms with E-state index in [9.17, 15) is 0 Å². The molecule has 0 N–H and O–H groups in total. The zero-order valence-corrected chi connectivity index (χ0v) is 14.5. The molecule has 0 aliphatic carbocycles. The van der Waals surface area contributed by atoms with E-state index in [1.807, 2.05) is 54.6 Å². The first-order valence-corrected chi connectivity index (χ1v) is 10.2. The molecule has 1 saturated heterocycles. The molecule has 0 unspecified atom stereocenters. The van der Waals surface area contributed by atoms with Gasteiger partial charge in [0.05, 0.1) is 13.2 Å². The predicted molar refractivity (Wildman–Crippen MR) is 94.8 cm³/mol. The van der Waals surface area contributed by atoms with Gasteiger partial charge in [0, 0.05) is 23.4 Å². The van der Waals surface area contributed by atoms with Crippen molar-refractivity contribution in [2.45, 2.75) is 0 Å². The molecule has 0 saturated carbocycles. The van der Waals surface area contributed by atoms with Gasteiger partial charge < -0.3 is 9.26 Å². The first kappa shape index (κ1) is 16.0. The molecule has 0 amide bonds. The molecule has 116 valence electrons. The van der Waals surface area contributed by atoms with Crippen molar-refractivity contribution in [1.82, 2.24) is 4.67 Å². The molecular formula is C16H17ClNO2PS. The highest BCUT2D eigenvalue weighted by Crippen LogP contribution is 2.50. The van der Waals surface area contributed by atoms with Gasteiger partial charge in [-0.05, 0) is 48.2 Å². The summed E-state index contributed by atoms with van der Waals surface area (Å²) < 4.78 is 14.0. The quantitative estimate of drug-likeness (QED) is 0.781. The molecule has 0 spiro atoms. The van der Waals surface area contributed by atoms with Crippen LogP contribution in [-0.2, 0) is 16.5 Å². The van der Waals surface area contributed by atoms with Crippen molar-refractivity contribution in [3.8, 4) is 5.75 Å². The predicted octanol–water partition coefficient (Wildman–Crippen LogP) is 3.69. The fourth-order valence-corrected chi connectivity index (χ4v) is 5.78. The van der Waals surface area contributed by atoms with E-state index in [4.69, 9.17) is 32.7 Å². The van der Waals surface area contributed by atoms with E-state index >= 15 is 0 Å². The zero-order chi connectivity index (χ0) is 15.4. The van der Waals surface area contributed by atoms with Gasteiger partial charge in [0.25, 0.3) is 0 Å². The van der Waals surface area contributed by atoms with Gasteiger partial charge in [0.2, 0.25) is 6.42 Å². The number of halogens is 1. The van der Waals surface area contributed by atoms with Gasteiger partial charge in [-0.2, -0.15) is 0 Å². The topological polar surface area (TPSA) is 21.7 Å². The minimum absolute atomic E-state index is 0.687. The van der Waals surface area contributed by atoms with E-state index in [1.54, 1.807) is 0 Å². The Morgan fingerprint density at radius 2 is 1.64 bits per heavy atom. The SMILES string of the molecule is S=[P@@](Oc1ccc(Cl)cc1)(c1ccccc1)N1CCOCC1. The first-order valence-electron chi connectivity index (χ1n) is 7.12. The second-order valence-electron chi connectivity index (χ2n) is 4.97. The van der Waals surface area contributed by atoms with Crippen LogP contribution in [0, 0.1) is 0 Å².